The number of benzene rings is 1. The van der Waals surface area contributed by atoms with Gasteiger partial charge in [0.2, 0.25) is 11.8 Å². The molecule has 1 N–H and O–H groups in total. The normalized spacial score (nSPS) is 14.2. The quantitative estimate of drug-likeness (QED) is 0.812. The largest absolute Gasteiger partial charge is 0.462 e. The summed E-state index contributed by atoms with van der Waals surface area (Å²) in [5.74, 6) is -0.321. The summed E-state index contributed by atoms with van der Waals surface area (Å²) in [6.45, 7) is 6.09. The summed E-state index contributed by atoms with van der Waals surface area (Å²) < 4.78 is 4.92. The van der Waals surface area contributed by atoms with E-state index in [2.05, 4.69) is 5.32 Å². The van der Waals surface area contributed by atoms with Gasteiger partial charge < -0.3 is 19.9 Å². The summed E-state index contributed by atoms with van der Waals surface area (Å²) in [7, 11) is 0. The first-order chi connectivity index (χ1) is 11.5. The topological polar surface area (TPSA) is 79.0 Å². The molecule has 1 saturated heterocycles. The molecule has 1 aromatic rings. The Morgan fingerprint density at radius 1 is 1.04 bits per heavy atom. The van der Waals surface area contributed by atoms with Gasteiger partial charge in [-0.25, -0.2) is 4.79 Å². The maximum Gasteiger partial charge on any atom is 0.338 e. The first-order valence-corrected chi connectivity index (χ1v) is 8.05. The highest BCUT2D eigenvalue weighted by molar-refractivity contribution is 5.90. The van der Waals surface area contributed by atoms with Gasteiger partial charge in [-0.2, -0.15) is 0 Å². The lowest BCUT2D eigenvalue weighted by Crippen LogP contribution is -2.51. The van der Waals surface area contributed by atoms with Crippen LogP contribution in [0.2, 0.25) is 0 Å². The number of hydrogen-bond acceptors (Lipinski definition) is 5. The molecule has 1 aliphatic rings. The van der Waals surface area contributed by atoms with Crippen molar-refractivity contribution in [3.63, 3.8) is 0 Å². The van der Waals surface area contributed by atoms with Crippen LogP contribution in [0, 0.1) is 0 Å². The van der Waals surface area contributed by atoms with Crippen molar-refractivity contribution in [2.75, 3.05) is 44.6 Å². The second-order valence-corrected chi connectivity index (χ2v) is 5.54. The summed E-state index contributed by atoms with van der Waals surface area (Å²) in [6, 6.07) is 6.81. The molecule has 2 rings (SSSR count). The van der Waals surface area contributed by atoms with E-state index >= 15 is 0 Å². The molecule has 0 radical (unpaired) electrons. The number of piperazine rings is 1. The molecular formula is C17H23N3O4. The fourth-order valence-corrected chi connectivity index (χ4v) is 2.50. The minimum atomic E-state index is -0.358. The van der Waals surface area contributed by atoms with Crippen LogP contribution in [0.4, 0.5) is 5.69 Å². The van der Waals surface area contributed by atoms with Crippen LogP contribution in [0.3, 0.4) is 0 Å². The molecule has 1 aliphatic heterocycles. The summed E-state index contributed by atoms with van der Waals surface area (Å²) >= 11 is 0. The zero-order valence-electron chi connectivity index (χ0n) is 14.1. The van der Waals surface area contributed by atoms with Gasteiger partial charge in [0, 0.05) is 38.8 Å². The lowest BCUT2D eigenvalue weighted by atomic mass is 10.2. The average Bonchev–Trinajstić information content (AvgIpc) is 2.60. The van der Waals surface area contributed by atoms with Gasteiger partial charge in [0.15, 0.2) is 0 Å². The molecule has 1 aromatic carbocycles. The molecule has 2 amide bonds. The standard InChI is InChI=1S/C17H23N3O4/c1-3-24-17(23)14-4-6-15(7-5-14)18-12-16(22)20-10-8-19(9-11-20)13(2)21/h4-7,18H,3,8-12H2,1-2H3. The molecule has 0 atom stereocenters. The van der Waals surface area contributed by atoms with Gasteiger partial charge >= 0.3 is 5.97 Å². The molecule has 0 aromatic heterocycles. The van der Waals surface area contributed by atoms with Gasteiger partial charge in [-0.3, -0.25) is 9.59 Å². The third-order valence-corrected chi connectivity index (χ3v) is 3.92. The SMILES string of the molecule is CCOC(=O)c1ccc(NCC(=O)N2CCN(C(C)=O)CC2)cc1. The van der Waals surface area contributed by atoms with Gasteiger partial charge in [0.25, 0.3) is 0 Å². The van der Waals surface area contributed by atoms with Crippen LogP contribution in [0.15, 0.2) is 24.3 Å². The minimum absolute atomic E-state index is 0.00679. The number of carbonyl (C=O) groups excluding carboxylic acids is 3. The summed E-state index contributed by atoms with van der Waals surface area (Å²) in [5.41, 5.74) is 1.24. The molecular weight excluding hydrogens is 310 g/mol. The lowest BCUT2D eigenvalue weighted by molar-refractivity contribution is -0.137. The number of rotatable bonds is 5. The van der Waals surface area contributed by atoms with E-state index in [4.69, 9.17) is 4.74 Å². The number of hydrogen-bond donors (Lipinski definition) is 1. The first kappa shape index (κ1) is 17.8. The van der Waals surface area contributed by atoms with Crippen molar-refractivity contribution >= 4 is 23.5 Å². The smallest absolute Gasteiger partial charge is 0.338 e. The van der Waals surface area contributed by atoms with E-state index in [0.717, 1.165) is 5.69 Å². The highest BCUT2D eigenvalue weighted by atomic mass is 16.5. The predicted molar refractivity (Wildman–Crippen MR) is 89.7 cm³/mol. The van der Waals surface area contributed by atoms with E-state index in [9.17, 15) is 14.4 Å². The molecule has 1 heterocycles. The van der Waals surface area contributed by atoms with Crippen LogP contribution in [0.1, 0.15) is 24.2 Å². The maximum absolute atomic E-state index is 12.2. The Morgan fingerprint density at radius 2 is 1.62 bits per heavy atom. The van der Waals surface area contributed by atoms with Crippen molar-refractivity contribution in [3.05, 3.63) is 29.8 Å². The molecule has 130 valence electrons. The number of ether oxygens (including phenoxy) is 1. The summed E-state index contributed by atoms with van der Waals surface area (Å²) in [6.07, 6.45) is 0. The second-order valence-electron chi connectivity index (χ2n) is 5.54. The first-order valence-electron chi connectivity index (χ1n) is 8.05. The van der Waals surface area contributed by atoms with E-state index in [1.54, 1.807) is 47.9 Å². The zero-order valence-corrected chi connectivity index (χ0v) is 14.1. The monoisotopic (exact) mass is 333 g/mol. The molecule has 0 aliphatic carbocycles. The Morgan fingerprint density at radius 3 is 2.17 bits per heavy atom. The average molecular weight is 333 g/mol. The van der Waals surface area contributed by atoms with Crippen molar-refractivity contribution in [2.24, 2.45) is 0 Å². The fourth-order valence-electron chi connectivity index (χ4n) is 2.50. The van der Waals surface area contributed by atoms with Gasteiger partial charge in [0.1, 0.15) is 0 Å². The Bertz CT molecular complexity index is 592. The second kappa shape index (κ2) is 8.33. The van der Waals surface area contributed by atoms with E-state index < -0.39 is 0 Å². The Kier molecular flexibility index (Phi) is 6.17. The van der Waals surface area contributed by atoms with Crippen LogP contribution >= 0.6 is 0 Å². The number of anilines is 1. The van der Waals surface area contributed by atoms with Crippen molar-refractivity contribution in [2.45, 2.75) is 13.8 Å². The van der Waals surface area contributed by atoms with Crippen molar-refractivity contribution in [1.82, 2.24) is 9.80 Å². The van der Waals surface area contributed by atoms with E-state index in [-0.39, 0.29) is 24.3 Å². The predicted octanol–water partition coefficient (Wildman–Crippen LogP) is 0.966. The molecule has 0 bridgehead atoms. The fraction of sp³-hybridized carbons (Fsp3) is 0.471. The third kappa shape index (κ3) is 4.71. The van der Waals surface area contributed by atoms with Crippen LogP contribution in [0.5, 0.6) is 0 Å². The van der Waals surface area contributed by atoms with Crippen molar-refractivity contribution < 1.29 is 19.1 Å². The van der Waals surface area contributed by atoms with Crippen molar-refractivity contribution in [3.8, 4) is 0 Å². The third-order valence-electron chi connectivity index (χ3n) is 3.92. The molecule has 0 spiro atoms. The number of nitrogens with one attached hydrogen (secondary N) is 1. The molecule has 1 fully saturated rings. The van der Waals surface area contributed by atoms with E-state index in [0.29, 0.717) is 38.3 Å². The van der Waals surface area contributed by atoms with Crippen LogP contribution < -0.4 is 5.32 Å². The zero-order chi connectivity index (χ0) is 17.5. The number of carbonyl (C=O) groups is 3. The number of esters is 1. The molecule has 24 heavy (non-hydrogen) atoms. The lowest BCUT2D eigenvalue weighted by Gasteiger charge is -2.34. The highest BCUT2D eigenvalue weighted by Gasteiger charge is 2.21. The minimum Gasteiger partial charge on any atom is -0.462 e. The van der Waals surface area contributed by atoms with Gasteiger partial charge in [-0.15, -0.1) is 0 Å². The number of nitrogens with zero attached hydrogens (tertiary/aromatic N) is 2. The van der Waals surface area contributed by atoms with Gasteiger partial charge in [0.05, 0.1) is 18.7 Å². The Labute approximate surface area is 141 Å². The molecule has 7 heteroatoms. The van der Waals surface area contributed by atoms with Crippen LogP contribution in [-0.4, -0.2) is 66.9 Å². The number of amides is 2. The summed E-state index contributed by atoms with van der Waals surface area (Å²) in [4.78, 5) is 38.5. The van der Waals surface area contributed by atoms with Gasteiger partial charge in [-0.1, -0.05) is 0 Å². The highest BCUT2D eigenvalue weighted by Crippen LogP contribution is 2.11. The Balaban J connectivity index is 1.80. The molecule has 0 unspecified atom stereocenters. The van der Waals surface area contributed by atoms with Crippen molar-refractivity contribution in [1.29, 1.82) is 0 Å². The summed E-state index contributed by atoms with van der Waals surface area (Å²) in [5, 5.41) is 3.05. The van der Waals surface area contributed by atoms with E-state index in [1.807, 2.05) is 0 Å². The van der Waals surface area contributed by atoms with Crippen LogP contribution in [-0.2, 0) is 14.3 Å². The van der Waals surface area contributed by atoms with E-state index in [1.165, 1.54) is 0 Å². The molecule has 7 nitrogen and oxygen atoms in total. The maximum atomic E-state index is 12.2. The molecule has 0 saturated carbocycles. The van der Waals surface area contributed by atoms with Crippen LogP contribution in [0.25, 0.3) is 0 Å². The van der Waals surface area contributed by atoms with Gasteiger partial charge in [-0.05, 0) is 31.2 Å². The Hall–Kier alpha value is -2.57.